The highest BCUT2D eigenvalue weighted by Gasteiger charge is 2.06. The standard InChI is InChI=1S/C16H18N2O/c17-12-15-7-5-14(6-8-15)11-16(19)18-10-9-13-3-1-2-4-13/h3,5-8H,1-2,4,9-11H2,(H,18,19). The number of amides is 1. The van der Waals surface area contributed by atoms with Crippen molar-refractivity contribution in [1.29, 1.82) is 5.26 Å². The summed E-state index contributed by atoms with van der Waals surface area (Å²) >= 11 is 0. The van der Waals surface area contributed by atoms with Crippen LogP contribution in [0, 0.1) is 11.3 Å². The molecule has 98 valence electrons. The number of allylic oxidation sites excluding steroid dienone is 1. The summed E-state index contributed by atoms with van der Waals surface area (Å²) in [5.41, 5.74) is 3.03. The monoisotopic (exact) mass is 254 g/mol. The van der Waals surface area contributed by atoms with E-state index in [2.05, 4.69) is 17.5 Å². The summed E-state index contributed by atoms with van der Waals surface area (Å²) in [5.74, 6) is 0.0447. The van der Waals surface area contributed by atoms with Crippen LogP contribution in [0.25, 0.3) is 0 Å². The van der Waals surface area contributed by atoms with E-state index in [0.29, 0.717) is 12.0 Å². The molecule has 0 heterocycles. The third-order valence-electron chi connectivity index (χ3n) is 3.35. The Balaban J connectivity index is 1.72. The smallest absolute Gasteiger partial charge is 0.224 e. The third kappa shape index (κ3) is 4.26. The molecule has 1 aliphatic rings. The SMILES string of the molecule is N#Cc1ccc(CC(=O)NCCC2=CCCC2)cc1. The lowest BCUT2D eigenvalue weighted by Crippen LogP contribution is -2.26. The first-order valence-corrected chi connectivity index (χ1v) is 6.71. The van der Waals surface area contributed by atoms with Gasteiger partial charge in [0, 0.05) is 6.54 Å². The minimum Gasteiger partial charge on any atom is -0.355 e. The molecule has 1 aromatic carbocycles. The van der Waals surface area contributed by atoms with Crippen LogP contribution in [0.3, 0.4) is 0 Å². The van der Waals surface area contributed by atoms with Gasteiger partial charge >= 0.3 is 0 Å². The summed E-state index contributed by atoms with van der Waals surface area (Å²) in [4.78, 5) is 11.7. The highest BCUT2D eigenvalue weighted by molar-refractivity contribution is 5.78. The molecule has 0 bridgehead atoms. The van der Waals surface area contributed by atoms with Gasteiger partial charge in [0.25, 0.3) is 0 Å². The van der Waals surface area contributed by atoms with Crippen LogP contribution >= 0.6 is 0 Å². The fraction of sp³-hybridized carbons (Fsp3) is 0.375. The molecule has 0 spiro atoms. The van der Waals surface area contributed by atoms with E-state index in [9.17, 15) is 4.79 Å². The van der Waals surface area contributed by atoms with Crippen LogP contribution in [0.15, 0.2) is 35.9 Å². The molecule has 0 saturated carbocycles. The fourth-order valence-corrected chi connectivity index (χ4v) is 2.27. The van der Waals surface area contributed by atoms with Gasteiger partial charge in [0.2, 0.25) is 5.91 Å². The van der Waals surface area contributed by atoms with Crippen LogP contribution in [0.5, 0.6) is 0 Å². The maximum Gasteiger partial charge on any atom is 0.224 e. The number of hydrogen-bond acceptors (Lipinski definition) is 2. The molecule has 0 atom stereocenters. The molecule has 1 amide bonds. The number of nitriles is 1. The predicted molar refractivity (Wildman–Crippen MR) is 74.4 cm³/mol. The van der Waals surface area contributed by atoms with Crippen molar-refractivity contribution in [2.45, 2.75) is 32.1 Å². The molecule has 3 nitrogen and oxygen atoms in total. The van der Waals surface area contributed by atoms with E-state index in [0.717, 1.165) is 18.5 Å². The zero-order chi connectivity index (χ0) is 13.5. The van der Waals surface area contributed by atoms with Gasteiger partial charge in [-0.3, -0.25) is 4.79 Å². The average molecular weight is 254 g/mol. The van der Waals surface area contributed by atoms with Gasteiger partial charge in [-0.15, -0.1) is 0 Å². The number of benzene rings is 1. The average Bonchev–Trinajstić information content (AvgIpc) is 2.93. The molecular formula is C16H18N2O. The van der Waals surface area contributed by atoms with Crippen molar-refractivity contribution in [1.82, 2.24) is 5.32 Å². The molecule has 0 unspecified atom stereocenters. The summed E-state index contributed by atoms with van der Waals surface area (Å²) in [6.07, 6.45) is 7.27. The van der Waals surface area contributed by atoms with Gasteiger partial charge in [-0.1, -0.05) is 23.8 Å². The van der Waals surface area contributed by atoms with E-state index in [4.69, 9.17) is 5.26 Å². The second-order valence-electron chi connectivity index (χ2n) is 4.84. The van der Waals surface area contributed by atoms with Crippen molar-refractivity contribution in [2.75, 3.05) is 6.54 Å². The number of nitrogens with one attached hydrogen (secondary N) is 1. The zero-order valence-corrected chi connectivity index (χ0v) is 11.0. The van der Waals surface area contributed by atoms with Gasteiger partial charge < -0.3 is 5.32 Å². The van der Waals surface area contributed by atoms with Crippen LogP contribution in [0.4, 0.5) is 0 Å². The number of hydrogen-bond donors (Lipinski definition) is 1. The lowest BCUT2D eigenvalue weighted by molar-refractivity contribution is -0.120. The van der Waals surface area contributed by atoms with Gasteiger partial charge in [-0.25, -0.2) is 0 Å². The number of rotatable bonds is 5. The largest absolute Gasteiger partial charge is 0.355 e. The van der Waals surface area contributed by atoms with Crippen molar-refractivity contribution >= 4 is 5.91 Å². The van der Waals surface area contributed by atoms with Crippen LogP contribution in [-0.2, 0) is 11.2 Å². The normalized spacial score (nSPS) is 13.7. The Morgan fingerprint density at radius 3 is 2.74 bits per heavy atom. The third-order valence-corrected chi connectivity index (χ3v) is 3.35. The fourth-order valence-electron chi connectivity index (χ4n) is 2.27. The second kappa shape index (κ2) is 6.75. The highest BCUT2D eigenvalue weighted by Crippen LogP contribution is 2.19. The second-order valence-corrected chi connectivity index (χ2v) is 4.84. The molecule has 2 rings (SSSR count). The molecule has 3 heteroatoms. The summed E-state index contributed by atoms with van der Waals surface area (Å²) in [5, 5.41) is 11.6. The summed E-state index contributed by atoms with van der Waals surface area (Å²) in [7, 11) is 0. The first-order valence-electron chi connectivity index (χ1n) is 6.71. The van der Waals surface area contributed by atoms with Crippen molar-refractivity contribution in [2.24, 2.45) is 0 Å². The van der Waals surface area contributed by atoms with Crippen LogP contribution in [-0.4, -0.2) is 12.5 Å². The van der Waals surface area contributed by atoms with Gasteiger partial charge in [0.1, 0.15) is 0 Å². The van der Waals surface area contributed by atoms with Crippen LogP contribution in [0.1, 0.15) is 36.8 Å². The Bertz CT molecular complexity index is 509. The lowest BCUT2D eigenvalue weighted by atomic mass is 10.1. The van der Waals surface area contributed by atoms with Crippen molar-refractivity contribution < 1.29 is 4.79 Å². The Morgan fingerprint density at radius 1 is 1.32 bits per heavy atom. The molecule has 1 N–H and O–H groups in total. The van der Waals surface area contributed by atoms with Crippen LogP contribution < -0.4 is 5.32 Å². The molecular weight excluding hydrogens is 236 g/mol. The van der Waals surface area contributed by atoms with E-state index >= 15 is 0 Å². The van der Waals surface area contributed by atoms with E-state index in [-0.39, 0.29) is 5.91 Å². The number of carbonyl (C=O) groups excluding carboxylic acids is 1. The van der Waals surface area contributed by atoms with Crippen LogP contribution in [0.2, 0.25) is 0 Å². The van der Waals surface area contributed by atoms with E-state index in [1.165, 1.54) is 24.8 Å². The van der Waals surface area contributed by atoms with Gasteiger partial charge in [-0.05, 0) is 43.4 Å². The summed E-state index contributed by atoms with van der Waals surface area (Å²) < 4.78 is 0. The molecule has 0 radical (unpaired) electrons. The minimum atomic E-state index is 0.0447. The molecule has 0 aromatic heterocycles. The topological polar surface area (TPSA) is 52.9 Å². The molecule has 0 fully saturated rings. The van der Waals surface area contributed by atoms with E-state index in [1.54, 1.807) is 12.1 Å². The maximum absolute atomic E-state index is 11.7. The molecule has 0 saturated heterocycles. The highest BCUT2D eigenvalue weighted by atomic mass is 16.1. The Kier molecular flexibility index (Phi) is 4.74. The molecule has 0 aliphatic heterocycles. The summed E-state index contributed by atoms with van der Waals surface area (Å²) in [6.45, 7) is 0.723. The maximum atomic E-state index is 11.7. The minimum absolute atomic E-state index is 0.0447. The quantitative estimate of drug-likeness (QED) is 0.821. The Hall–Kier alpha value is -2.08. The lowest BCUT2D eigenvalue weighted by Gasteiger charge is -2.06. The Labute approximate surface area is 113 Å². The zero-order valence-electron chi connectivity index (χ0n) is 11.0. The molecule has 1 aliphatic carbocycles. The molecule has 19 heavy (non-hydrogen) atoms. The van der Waals surface area contributed by atoms with Gasteiger partial charge in [0.05, 0.1) is 18.1 Å². The summed E-state index contributed by atoms with van der Waals surface area (Å²) in [6, 6.07) is 9.21. The molecule has 1 aromatic rings. The number of carbonyl (C=O) groups is 1. The van der Waals surface area contributed by atoms with Gasteiger partial charge in [-0.2, -0.15) is 5.26 Å². The number of nitrogens with zero attached hydrogens (tertiary/aromatic N) is 1. The first-order chi connectivity index (χ1) is 9.28. The predicted octanol–water partition coefficient (Wildman–Crippen LogP) is 2.72. The first kappa shape index (κ1) is 13.4. The van der Waals surface area contributed by atoms with Crippen molar-refractivity contribution in [3.8, 4) is 6.07 Å². The van der Waals surface area contributed by atoms with Crippen molar-refractivity contribution in [3.63, 3.8) is 0 Å². The van der Waals surface area contributed by atoms with E-state index < -0.39 is 0 Å². The van der Waals surface area contributed by atoms with E-state index in [1.807, 2.05) is 12.1 Å². The van der Waals surface area contributed by atoms with Gasteiger partial charge in [0.15, 0.2) is 0 Å². The Morgan fingerprint density at radius 2 is 2.11 bits per heavy atom. The van der Waals surface area contributed by atoms with Crippen molar-refractivity contribution in [3.05, 3.63) is 47.0 Å².